The number of hydrogen-bond donors (Lipinski definition) is 0. The van der Waals surface area contributed by atoms with Gasteiger partial charge in [0.1, 0.15) is 72.9 Å². The SMILES string of the molecule is [2H]C([2H])([2H])c1c[n+](C)c(-c2cc3c(cc2C)oc2c4ccccc4ccc32)cc1C.[2H]C([2H])([2H])c1c[n+](C)c(-c2cc3c(cc2C)oc2cc4ccccc4cc23)cc1C.[2H]C([2H])([2H])c1c[n+](C)c(-c2cc3c(cc2C)oc2ccc4ccccc4c23)cc1C.[2H]C([2H])([2H])c1c[n+](C)c(-c2cc3oc4ccc5ccccc5c4c3cc2C)cc1C. The summed E-state index contributed by atoms with van der Waals surface area (Å²) in [6, 6.07) is 74.8. The van der Waals surface area contributed by atoms with Gasteiger partial charge in [-0.2, -0.15) is 0 Å². The number of rotatable bonds is 4. The Morgan fingerprint density at radius 1 is 0.222 bits per heavy atom. The second-order valence-electron chi connectivity index (χ2n) is 29.2. The van der Waals surface area contributed by atoms with Gasteiger partial charge in [0, 0.05) is 128 Å². The maximum atomic E-state index is 7.79. The third kappa shape index (κ3) is 12.0. The molecule has 0 fully saturated rings. The number of fused-ring (bicyclic) bond motifs is 19. The highest BCUT2D eigenvalue weighted by Gasteiger charge is 2.24. The molecule has 0 amide bonds. The molecule has 8 heterocycles. The number of nitrogens with zero attached hydrogens (tertiary/aromatic N) is 4. The first-order chi connectivity index (χ1) is 56.9. The summed E-state index contributed by atoms with van der Waals surface area (Å²) in [5.41, 5.74) is 24.1. The van der Waals surface area contributed by atoms with Gasteiger partial charge in [-0.3, -0.25) is 0 Å². The van der Waals surface area contributed by atoms with Gasteiger partial charge in [0.2, 0.25) is 22.8 Å². The van der Waals surface area contributed by atoms with Crippen LogP contribution in [-0.2, 0) is 28.2 Å². The van der Waals surface area contributed by atoms with Gasteiger partial charge in [0.05, 0.1) is 5.56 Å². The minimum atomic E-state index is -2.13. The number of hydrogen-bond acceptors (Lipinski definition) is 4. The lowest BCUT2D eigenvalue weighted by Crippen LogP contribution is -2.31. The molecule has 0 unspecified atom stereocenters. The van der Waals surface area contributed by atoms with Gasteiger partial charge in [-0.1, -0.05) is 115 Å². The molecule has 0 aliphatic carbocycles. The van der Waals surface area contributed by atoms with E-state index in [1.54, 1.807) is 24.8 Å². The molecule has 0 N–H and O–H groups in total. The summed E-state index contributed by atoms with van der Waals surface area (Å²) in [6.07, 6.45) is 6.89. The Kier molecular flexibility index (Phi) is 13.9. The average Bonchev–Trinajstić information content (AvgIpc) is 1.57. The second kappa shape index (κ2) is 26.8. The Hall–Kier alpha value is -12.5. The van der Waals surface area contributed by atoms with Gasteiger partial charge in [0.25, 0.3) is 0 Å². The summed E-state index contributed by atoms with van der Waals surface area (Å²) < 4.78 is 126. The van der Waals surface area contributed by atoms with Crippen LogP contribution in [0.3, 0.4) is 0 Å². The van der Waals surface area contributed by atoms with E-state index in [1.807, 2.05) is 153 Å². The molecule has 0 saturated heterocycles. The second-order valence-corrected chi connectivity index (χ2v) is 29.2. The largest absolute Gasteiger partial charge is 0.456 e. The van der Waals surface area contributed by atoms with Crippen molar-refractivity contribution in [2.45, 2.75) is 82.8 Å². The molecule has 8 aromatic heterocycles. The first kappa shape index (κ1) is 55.9. The standard InChI is InChI=1S/4C25H22NO/c1-15-9-23(26(4)14-17(15)3)20-13-22-21-11-18-7-5-6-8-19(18)12-25(21)27-24(22)10-16(20)2;1-15-12-22(26(4)14-17(15)3)20-13-24-21(11-16(20)2)25-19-8-6-5-7-18(19)9-10-23(25)27-24;1-15-11-22(26(4)14-17(15)3)20-13-21-24(12-16(20)2)27-23-10-9-18-7-5-6-8-19(18)25(21)23;1-15-11-23(26(4)14-17(15)3)21-13-22-20-10-9-18-7-5-6-8-19(18)25(20)27-24(22)12-16(21)2/h4*5-14H,1-4H3/q4*+1/i4*3D3. The lowest BCUT2D eigenvalue weighted by molar-refractivity contribution is -0.660. The zero-order chi connectivity index (χ0) is 84.8. The molecule has 0 aliphatic heterocycles. The van der Waals surface area contributed by atoms with Crippen LogP contribution in [0.5, 0.6) is 0 Å². The van der Waals surface area contributed by atoms with Crippen molar-refractivity contribution < 1.29 is 52.4 Å². The van der Waals surface area contributed by atoms with Gasteiger partial charge in [-0.25, -0.2) is 18.3 Å². The summed E-state index contributed by atoms with van der Waals surface area (Å²) >= 11 is 0. The number of aryl methyl sites for hydroxylation is 16. The molecule has 0 spiro atoms. The van der Waals surface area contributed by atoms with Crippen molar-refractivity contribution in [3.63, 3.8) is 0 Å². The molecule has 108 heavy (non-hydrogen) atoms. The van der Waals surface area contributed by atoms with E-state index in [-0.39, 0.29) is 0 Å². The summed E-state index contributed by atoms with van der Waals surface area (Å²) in [7, 11) is 7.58. The smallest absolute Gasteiger partial charge is 0.212 e. The number of aromatic nitrogens is 4. The molecule has 0 atom stereocenters. The zero-order valence-corrected chi connectivity index (χ0v) is 62.5. The minimum Gasteiger partial charge on any atom is -0.456 e. The quantitative estimate of drug-likeness (QED) is 0.165. The first-order valence-electron chi connectivity index (χ1n) is 42.4. The van der Waals surface area contributed by atoms with Gasteiger partial charge in [-0.15, -0.1) is 0 Å². The molecule has 528 valence electrons. The summed E-state index contributed by atoms with van der Waals surface area (Å²) in [5.74, 6) is 0. The Labute approximate surface area is 646 Å². The predicted octanol–water partition coefficient (Wildman–Crippen LogP) is 24.6. The molecule has 8 nitrogen and oxygen atoms in total. The summed E-state index contributed by atoms with van der Waals surface area (Å²) in [4.78, 5) is 0. The predicted molar refractivity (Wildman–Crippen MR) is 448 cm³/mol. The molecule has 0 aliphatic rings. The number of pyridine rings is 4. The highest BCUT2D eigenvalue weighted by Crippen LogP contribution is 2.43. The molecular formula is C100H88N4O4+4. The molecule has 0 radical (unpaired) electrons. The highest BCUT2D eigenvalue weighted by atomic mass is 16.3. The van der Waals surface area contributed by atoms with E-state index in [9.17, 15) is 0 Å². The van der Waals surface area contributed by atoms with Crippen LogP contribution in [0.25, 0.3) is 176 Å². The van der Waals surface area contributed by atoms with Crippen LogP contribution in [0, 0.1) is 82.8 Å². The van der Waals surface area contributed by atoms with E-state index in [0.717, 1.165) is 193 Å². The fourth-order valence-electron chi connectivity index (χ4n) is 15.8. The lowest BCUT2D eigenvalue weighted by atomic mass is 9.97. The monoisotopic (exact) mass is 1420 g/mol. The third-order valence-corrected chi connectivity index (χ3v) is 21.8. The van der Waals surface area contributed by atoms with E-state index in [4.69, 9.17) is 34.1 Å². The van der Waals surface area contributed by atoms with E-state index in [2.05, 4.69) is 167 Å². The van der Waals surface area contributed by atoms with E-state index in [0.29, 0.717) is 22.3 Å². The fraction of sp³-hybridized carbons (Fsp3) is 0.160. The molecule has 20 rings (SSSR count). The van der Waals surface area contributed by atoms with E-state index >= 15 is 0 Å². The van der Waals surface area contributed by atoms with Gasteiger partial charge < -0.3 is 17.7 Å². The van der Waals surface area contributed by atoms with Gasteiger partial charge >= 0.3 is 0 Å². The maximum Gasteiger partial charge on any atom is 0.212 e. The van der Waals surface area contributed by atoms with Crippen molar-refractivity contribution in [1.29, 1.82) is 0 Å². The summed E-state index contributed by atoms with van der Waals surface area (Å²) in [6.45, 7) is 7.21. The van der Waals surface area contributed by atoms with Crippen molar-refractivity contribution in [3.8, 4) is 45.0 Å². The van der Waals surface area contributed by atoms with Crippen LogP contribution >= 0.6 is 0 Å². The van der Waals surface area contributed by atoms with Crippen molar-refractivity contribution in [1.82, 2.24) is 0 Å². The Morgan fingerprint density at radius 2 is 0.537 bits per heavy atom. The first-order valence-corrected chi connectivity index (χ1v) is 36.4. The van der Waals surface area contributed by atoms with Crippen molar-refractivity contribution in [2.75, 3.05) is 0 Å². The van der Waals surface area contributed by atoms with Crippen molar-refractivity contribution in [3.05, 3.63) is 310 Å². The van der Waals surface area contributed by atoms with Crippen LogP contribution in [-0.4, -0.2) is 0 Å². The minimum absolute atomic E-state index is 0.377. The molecule has 8 heteroatoms. The van der Waals surface area contributed by atoms with Crippen LogP contribution in [0.2, 0.25) is 0 Å². The Balaban J connectivity index is 0.000000114. The van der Waals surface area contributed by atoms with Crippen molar-refractivity contribution >= 4 is 131 Å². The fourth-order valence-corrected chi connectivity index (χ4v) is 15.8. The average molecular weight is 1420 g/mol. The molecule has 0 saturated carbocycles. The molecular weight excluding hydrogens is 1320 g/mol. The maximum absolute atomic E-state index is 7.79. The lowest BCUT2D eigenvalue weighted by Gasteiger charge is -2.07. The normalized spacial score (nSPS) is 13.8. The topological polar surface area (TPSA) is 68.1 Å². The molecule has 20 aromatic rings. The molecule has 0 bridgehead atoms. The van der Waals surface area contributed by atoms with Crippen molar-refractivity contribution in [2.24, 2.45) is 28.2 Å². The number of benzene rings is 12. The highest BCUT2D eigenvalue weighted by molar-refractivity contribution is 6.21. The number of furan rings is 4. The Bertz CT molecular complexity index is 7530. The van der Waals surface area contributed by atoms with Crippen LogP contribution in [0.4, 0.5) is 0 Å². The van der Waals surface area contributed by atoms with Crippen LogP contribution in [0.1, 0.15) is 83.2 Å². The van der Waals surface area contributed by atoms with Crippen LogP contribution < -0.4 is 18.3 Å². The zero-order valence-electron chi connectivity index (χ0n) is 74.5. The van der Waals surface area contributed by atoms with Gasteiger partial charge in [-0.05, 0) is 244 Å². The third-order valence-electron chi connectivity index (χ3n) is 21.8. The van der Waals surface area contributed by atoms with Crippen LogP contribution in [0.15, 0.2) is 261 Å². The van der Waals surface area contributed by atoms with E-state index in [1.165, 1.54) is 26.9 Å². The van der Waals surface area contributed by atoms with E-state index < -0.39 is 27.4 Å². The molecule has 12 aromatic carbocycles. The Morgan fingerprint density at radius 3 is 1.00 bits per heavy atom. The summed E-state index contributed by atoms with van der Waals surface area (Å²) in [5, 5.41) is 18.0. The van der Waals surface area contributed by atoms with Gasteiger partial charge in [0.15, 0.2) is 24.8 Å².